The fourth-order valence-corrected chi connectivity index (χ4v) is 2.22. The molecule has 124 valence electrons. The number of hydrogen-bond acceptors (Lipinski definition) is 6. The van der Waals surface area contributed by atoms with Crippen LogP contribution in [0.25, 0.3) is 0 Å². The van der Waals surface area contributed by atoms with E-state index in [9.17, 15) is 12.8 Å². The first kappa shape index (κ1) is 17.3. The lowest BCUT2D eigenvalue weighted by Gasteiger charge is -2.07. The summed E-state index contributed by atoms with van der Waals surface area (Å²) in [5, 5.41) is 22.5. The van der Waals surface area contributed by atoms with E-state index >= 15 is 0 Å². The number of anilines is 1. The minimum atomic E-state index is -3.82. The van der Waals surface area contributed by atoms with Crippen molar-refractivity contribution >= 4 is 33.3 Å². The van der Waals surface area contributed by atoms with Gasteiger partial charge in [-0.1, -0.05) is 16.8 Å². The molecule has 0 saturated heterocycles. The maximum absolute atomic E-state index is 13.1. The summed E-state index contributed by atoms with van der Waals surface area (Å²) >= 11 is 5.66. The standard InChI is InChI=1S/C11H12ClFN6O3S/c12-7-5-6(1-2-8(7)13)17-11(14)10-9(18-22-19-10)3-4-16-23(15,20)21/h1-2,5,16H,3-4H2,(H2,14,17)(H2,15,20,21). The van der Waals surface area contributed by atoms with Gasteiger partial charge < -0.3 is 5.32 Å². The summed E-state index contributed by atoms with van der Waals surface area (Å²) in [6.45, 7) is -0.0320. The molecule has 0 atom stereocenters. The summed E-state index contributed by atoms with van der Waals surface area (Å²) in [7, 11) is -3.82. The molecule has 12 heteroatoms. The molecule has 0 amide bonds. The van der Waals surface area contributed by atoms with Crippen molar-refractivity contribution in [3.63, 3.8) is 0 Å². The van der Waals surface area contributed by atoms with Crippen LogP contribution in [0, 0.1) is 11.2 Å². The van der Waals surface area contributed by atoms with Crippen molar-refractivity contribution < 1.29 is 17.4 Å². The number of nitrogens with one attached hydrogen (secondary N) is 3. The molecule has 0 aliphatic carbocycles. The van der Waals surface area contributed by atoms with Gasteiger partial charge in [0.15, 0.2) is 11.5 Å². The van der Waals surface area contributed by atoms with E-state index in [2.05, 4.69) is 25.0 Å². The van der Waals surface area contributed by atoms with Gasteiger partial charge in [-0.15, -0.1) is 0 Å². The second kappa shape index (κ2) is 7.00. The van der Waals surface area contributed by atoms with Gasteiger partial charge in [-0.25, -0.2) is 18.9 Å². The topological polar surface area (TPSA) is 147 Å². The van der Waals surface area contributed by atoms with Crippen molar-refractivity contribution in [2.75, 3.05) is 11.9 Å². The Morgan fingerprint density at radius 2 is 2.17 bits per heavy atom. The van der Waals surface area contributed by atoms with Gasteiger partial charge in [0.05, 0.1) is 5.02 Å². The molecule has 2 rings (SSSR count). The minimum absolute atomic E-state index is 0.0320. The minimum Gasteiger partial charge on any atom is -0.339 e. The first-order valence-electron chi connectivity index (χ1n) is 6.16. The number of amidine groups is 1. The number of nitrogens with two attached hydrogens (primary N) is 1. The summed E-state index contributed by atoms with van der Waals surface area (Å²) in [4.78, 5) is 0. The molecule has 0 unspecified atom stereocenters. The van der Waals surface area contributed by atoms with E-state index in [4.69, 9.17) is 22.1 Å². The monoisotopic (exact) mass is 362 g/mol. The van der Waals surface area contributed by atoms with Crippen LogP contribution in [-0.4, -0.2) is 31.1 Å². The van der Waals surface area contributed by atoms with Gasteiger partial charge >= 0.3 is 0 Å². The van der Waals surface area contributed by atoms with Gasteiger partial charge in [0.1, 0.15) is 11.5 Å². The van der Waals surface area contributed by atoms with Crippen molar-refractivity contribution in [3.8, 4) is 0 Å². The smallest absolute Gasteiger partial charge is 0.274 e. The molecule has 1 aromatic heterocycles. The lowest BCUT2D eigenvalue weighted by atomic mass is 10.2. The van der Waals surface area contributed by atoms with Crippen LogP contribution in [0.1, 0.15) is 11.4 Å². The highest BCUT2D eigenvalue weighted by molar-refractivity contribution is 7.87. The second-order valence-electron chi connectivity index (χ2n) is 4.38. The highest BCUT2D eigenvalue weighted by Crippen LogP contribution is 2.20. The summed E-state index contributed by atoms with van der Waals surface area (Å²) in [5.41, 5.74) is 0.714. The SMILES string of the molecule is N=C(Nc1ccc(F)c(Cl)c1)c1nonc1CCNS(N)(=O)=O. The van der Waals surface area contributed by atoms with Crippen LogP contribution >= 0.6 is 11.6 Å². The van der Waals surface area contributed by atoms with E-state index in [1.54, 1.807) is 0 Å². The van der Waals surface area contributed by atoms with Crippen molar-refractivity contribution in [3.05, 3.63) is 40.4 Å². The van der Waals surface area contributed by atoms with Gasteiger partial charge in [0, 0.05) is 18.7 Å². The Kier molecular flexibility index (Phi) is 5.26. The molecule has 2 aromatic rings. The molecule has 1 heterocycles. The van der Waals surface area contributed by atoms with E-state index in [0.29, 0.717) is 5.69 Å². The van der Waals surface area contributed by atoms with Crippen LogP contribution in [0.3, 0.4) is 0 Å². The Balaban J connectivity index is 2.05. The zero-order valence-corrected chi connectivity index (χ0v) is 13.1. The second-order valence-corrected chi connectivity index (χ2v) is 6.16. The molecule has 23 heavy (non-hydrogen) atoms. The first-order chi connectivity index (χ1) is 10.8. The molecule has 0 radical (unpaired) electrons. The van der Waals surface area contributed by atoms with Crippen LogP contribution in [0.2, 0.25) is 5.02 Å². The van der Waals surface area contributed by atoms with Crippen molar-refractivity contribution in [1.82, 2.24) is 15.0 Å². The average molecular weight is 363 g/mol. The molecular weight excluding hydrogens is 351 g/mol. The lowest BCUT2D eigenvalue weighted by Crippen LogP contribution is -2.32. The molecule has 0 aliphatic rings. The Morgan fingerprint density at radius 1 is 1.43 bits per heavy atom. The van der Waals surface area contributed by atoms with Crippen LogP contribution in [0.5, 0.6) is 0 Å². The van der Waals surface area contributed by atoms with Crippen LogP contribution in [0.15, 0.2) is 22.8 Å². The van der Waals surface area contributed by atoms with Gasteiger partial charge in [0.25, 0.3) is 10.2 Å². The number of aromatic nitrogens is 2. The van der Waals surface area contributed by atoms with Crippen molar-refractivity contribution in [1.29, 1.82) is 5.41 Å². The largest absolute Gasteiger partial charge is 0.339 e. The van der Waals surface area contributed by atoms with E-state index in [1.165, 1.54) is 12.1 Å². The normalized spacial score (nSPS) is 11.4. The predicted molar refractivity (Wildman–Crippen MR) is 81.0 cm³/mol. The number of rotatable bonds is 6. The summed E-state index contributed by atoms with van der Waals surface area (Å²) in [6.07, 6.45) is 0.115. The van der Waals surface area contributed by atoms with Crippen molar-refractivity contribution in [2.45, 2.75) is 6.42 Å². The highest BCUT2D eigenvalue weighted by atomic mass is 35.5. The first-order valence-corrected chi connectivity index (χ1v) is 8.08. The van der Waals surface area contributed by atoms with Crippen LogP contribution in [0.4, 0.5) is 10.1 Å². The molecule has 0 saturated carbocycles. The van der Waals surface area contributed by atoms with Gasteiger partial charge in [0.2, 0.25) is 0 Å². The number of halogens is 2. The third-order valence-electron chi connectivity index (χ3n) is 2.65. The molecule has 0 spiro atoms. The lowest BCUT2D eigenvalue weighted by molar-refractivity contribution is 0.302. The third-order valence-corrected chi connectivity index (χ3v) is 3.54. The van der Waals surface area contributed by atoms with E-state index < -0.39 is 16.0 Å². The van der Waals surface area contributed by atoms with Gasteiger partial charge in [-0.3, -0.25) is 5.41 Å². The number of nitrogens with zero attached hydrogens (tertiary/aromatic N) is 2. The van der Waals surface area contributed by atoms with E-state index in [0.717, 1.165) is 6.07 Å². The van der Waals surface area contributed by atoms with Crippen molar-refractivity contribution in [2.24, 2.45) is 5.14 Å². The Labute approximate surface area is 135 Å². The van der Waals surface area contributed by atoms with Gasteiger partial charge in [-0.2, -0.15) is 8.42 Å². The molecule has 1 aromatic carbocycles. The maximum Gasteiger partial charge on any atom is 0.274 e. The Morgan fingerprint density at radius 3 is 2.83 bits per heavy atom. The molecule has 0 fully saturated rings. The maximum atomic E-state index is 13.1. The summed E-state index contributed by atoms with van der Waals surface area (Å²) in [5.74, 6) is -0.749. The zero-order valence-electron chi connectivity index (χ0n) is 11.5. The molecule has 5 N–H and O–H groups in total. The van der Waals surface area contributed by atoms with Gasteiger partial charge in [-0.05, 0) is 23.4 Å². The Hall–Kier alpha value is -2.08. The Bertz CT molecular complexity index is 825. The fraction of sp³-hybridized carbons (Fsp3) is 0.182. The molecule has 0 bridgehead atoms. The van der Waals surface area contributed by atoms with E-state index in [-0.39, 0.29) is 35.2 Å². The number of benzene rings is 1. The summed E-state index contributed by atoms with van der Waals surface area (Å²) in [6, 6.07) is 3.85. The molecule has 9 nitrogen and oxygen atoms in total. The highest BCUT2D eigenvalue weighted by Gasteiger charge is 2.16. The van der Waals surface area contributed by atoms with E-state index in [1.807, 2.05) is 0 Å². The average Bonchev–Trinajstić information content (AvgIpc) is 2.90. The quantitative estimate of drug-likeness (QED) is 0.438. The number of hydrogen-bond donors (Lipinski definition) is 4. The molecular formula is C11H12ClFN6O3S. The fourth-order valence-electron chi connectivity index (χ4n) is 1.65. The summed E-state index contributed by atoms with van der Waals surface area (Å²) < 4.78 is 41.3. The van der Waals surface area contributed by atoms with Crippen LogP contribution < -0.4 is 15.2 Å². The zero-order chi connectivity index (χ0) is 17.0. The predicted octanol–water partition coefficient (Wildman–Crippen LogP) is 0.635. The molecule has 0 aliphatic heterocycles. The third kappa shape index (κ3) is 4.96. The van der Waals surface area contributed by atoms with Crippen LogP contribution in [-0.2, 0) is 16.6 Å².